The van der Waals surface area contributed by atoms with Gasteiger partial charge in [-0.2, -0.15) is 0 Å². The van der Waals surface area contributed by atoms with Gasteiger partial charge in [0.25, 0.3) is 11.8 Å². The number of benzene rings is 2. The number of carbonyl (C=O) groups excluding carboxylic acids is 4. The Hall–Kier alpha value is -5.86. The van der Waals surface area contributed by atoms with Crippen LogP contribution < -0.4 is 20.3 Å². The van der Waals surface area contributed by atoms with Gasteiger partial charge in [-0.25, -0.2) is 9.69 Å². The van der Waals surface area contributed by atoms with Crippen LogP contribution in [0.4, 0.5) is 21.9 Å². The molecule has 7 rings (SSSR count). The molecular formula is C45H54N6O8. The number of hydrogen-bond acceptors (Lipinski definition) is 8. The van der Waals surface area contributed by atoms with Gasteiger partial charge in [-0.05, 0) is 106 Å². The van der Waals surface area contributed by atoms with E-state index in [9.17, 15) is 19.2 Å². The second kappa shape index (κ2) is 18.4. The predicted molar refractivity (Wildman–Crippen MR) is 225 cm³/mol. The zero-order valence-corrected chi connectivity index (χ0v) is 34.3. The highest BCUT2D eigenvalue weighted by atomic mass is 16.7. The lowest BCUT2D eigenvalue weighted by Crippen LogP contribution is -2.57. The first kappa shape index (κ1) is 41.3. The minimum atomic E-state index is -0.847. The largest absolute Gasteiger partial charge is 0.493 e. The van der Waals surface area contributed by atoms with Crippen molar-refractivity contribution in [3.8, 4) is 16.9 Å². The van der Waals surface area contributed by atoms with Gasteiger partial charge in [-0.1, -0.05) is 24.8 Å². The van der Waals surface area contributed by atoms with Crippen molar-refractivity contribution in [2.45, 2.75) is 83.8 Å². The van der Waals surface area contributed by atoms with E-state index in [0.717, 1.165) is 42.5 Å². The van der Waals surface area contributed by atoms with Crippen molar-refractivity contribution in [3.05, 3.63) is 96.1 Å². The first-order valence-corrected chi connectivity index (χ1v) is 20.4. The SMILES string of the molecule is C=CCOC(=O)N1c2cc(OCCCC(=O)Nc3cc(C(=O)Nc4ccc(-c5cc(C)n(C)c5)cc4)n(C)c3)c(C)cc2C(=O)N2CCCC[C@H]2C1OC1CCCCO1. The van der Waals surface area contributed by atoms with Crippen LogP contribution >= 0.6 is 0 Å². The van der Waals surface area contributed by atoms with E-state index < -0.39 is 24.7 Å². The van der Waals surface area contributed by atoms with Gasteiger partial charge < -0.3 is 43.6 Å². The fraction of sp³-hybridized carbons (Fsp3) is 0.422. The van der Waals surface area contributed by atoms with Gasteiger partial charge in [0.05, 0.1) is 29.6 Å². The quantitative estimate of drug-likeness (QED) is 0.103. The standard InChI is InChI=1S/C45H54N6O8/c1-6-20-58-45(55)51-37-26-39(29(2)23-35(37)43(54)50-19-9-7-12-36(50)44(51)59-41-14-8-10-21-57-41)56-22-11-13-40(52)46-34-25-38(49(5)28-34)42(53)47-33-17-15-31(16-18-33)32-24-30(3)48(4)27-32/h6,15-18,23-28,36,41,44H,1,7-14,19-22H2,2-5H3,(H,46,52)(H,47,53)/t36-,41?,44?/m0/s1. The Balaban J connectivity index is 0.991. The van der Waals surface area contributed by atoms with E-state index in [1.165, 1.54) is 11.0 Å². The lowest BCUT2D eigenvalue weighted by molar-refractivity contribution is -0.198. The van der Waals surface area contributed by atoms with Crippen molar-refractivity contribution in [1.82, 2.24) is 14.0 Å². The lowest BCUT2D eigenvalue weighted by atomic mass is 10.00. The van der Waals surface area contributed by atoms with Crippen LogP contribution in [0.2, 0.25) is 0 Å². The van der Waals surface area contributed by atoms with Crippen LogP contribution in [0.1, 0.15) is 83.5 Å². The molecule has 59 heavy (non-hydrogen) atoms. The zero-order valence-electron chi connectivity index (χ0n) is 34.3. The first-order valence-electron chi connectivity index (χ1n) is 20.4. The number of carbonyl (C=O) groups is 4. The molecule has 4 aromatic rings. The van der Waals surface area contributed by atoms with Crippen molar-refractivity contribution < 1.29 is 38.1 Å². The van der Waals surface area contributed by atoms with Crippen molar-refractivity contribution in [2.24, 2.45) is 14.1 Å². The molecule has 2 saturated heterocycles. The summed E-state index contributed by atoms with van der Waals surface area (Å²) in [6.07, 6.45) is 8.72. The lowest BCUT2D eigenvalue weighted by Gasteiger charge is -2.42. The number of fused-ring (bicyclic) bond motifs is 2. The summed E-state index contributed by atoms with van der Waals surface area (Å²) in [6.45, 7) is 8.88. The average molecular weight is 807 g/mol. The van der Waals surface area contributed by atoms with E-state index in [-0.39, 0.29) is 37.4 Å². The van der Waals surface area contributed by atoms with Crippen LogP contribution in [0.5, 0.6) is 5.75 Å². The van der Waals surface area contributed by atoms with Crippen LogP contribution in [0, 0.1) is 13.8 Å². The van der Waals surface area contributed by atoms with E-state index in [0.29, 0.717) is 72.0 Å². The second-order valence-electron chi connectivity index (χ2n) is 15.5. The molecule has 2 aromatic carbocycles. The van der Waals surface area contributed by atoms with Crippen LogP contribution in [-0.4, -0.2) is 82.8 Å². The topological polar surface area (TPSA) is 146 Å². The molecule has 5 heterocycles. The van der Waals surface area contributed by atoms with E-state index in [1.807, 2.05) is 43.1 Å². The molecule has 312 valence electrons. The summed E-state index contributed by atoms with van der Waals surface area (Å²) in [7, 11) is 3.76. The Morgan fingerprint density at radius 3 is 2.44 bits per heavy atom. The molecule has 3 aliphatic rings. The Kier molecular flexibility index (Phi) is 12.9. The maximum atomic E-state index is 14.2. The number of rotatable bonds is 13. The molecule has 2 N–H and O–H groups in total. The number of hydrogen-bond donors (Lipinski definition) is 2. The molecule has 2 fully saturated rings. The summed E-state index contributed by atoms with van der Waals surface area (Å²) in [4.78, 5) is 57.6. The summed E-state index contributed by atoms with van der Waals surface area (Å²) in [6, 6.07) is 14.5. The van der Waals surface area contributed by atoms with Gasteiger partial charge in [-0.3, -0.25) is 14.4 Å². The minimum absolute atomic E-state index is 0.0157. The molecule has 0 bridgehead atoms. The number of piperidine rings is 1. The summed E-state index contributed by atoms with van der Waals surface area (Å²) in [5.41, 5.74) is 6.27. The number of anilines is 3. The number of nitrogens with one attached hydrogen (secondary N) is 2. The third-order valence-electron chi connectivity index (χ3n) is 11.2. The van der Waals surface area contributed by atoms with E-state index >= 15 is 0 Å². The van der Waals surface area contributed by atoms with Gasteiger partial charge in [0.2, 0.25) is 5.91 Å². The van der Waals surface area contributed by atoms with Gasteiger partial charge in [0, 0.05) is 63.5 Å². The number of ether oxygens (including phenoxy) is 4. The summed E-state index contributed by atoms with van der Waals surface area (Å²) >= 11 is 0. The third-order valence-corrected chi connectivity index (χ3v) is 11.2. The van der Waals surface area contributed by atoms with Crippen LogP contribution in [0.15, 0.2) is 73.6 Å². The van der Waals surface area contributed by atoms with Gasteiger partial charge in [-0.15, -0.1) is 0 Å². The number of aromatic nitrogens is 2. The van der Waals surface area contributed by atoms with Gasteiger partial charge >= 0.3 is 6.09 Å². The molecule has 0 spiro atoms. The Bertz CT molecular complexity index is 2170. The maximum Gasteiger partial charge on any atom is 0.416 e. The molecule has 2 aromatic heterocycles. The van der Waals surface area contributed by atoms with Crippen molar-refractivity contribution in [3.63, 3.8) is 0 Å². The highest BCUT2D eigenvalue weighted by Crippen LogP contribution is 2.40. The Morgan fingerprint density at radius 2 is 1.71 bits per heavy atom. The highest BCUT2D eigenvalue weighted by Gasteiger charge is 2.46. The first-order chi connectivity index (χ1) is 28.5. The average Bonchev–Trinajstić information content (AvgIpc) is 3.75. The second-order valence-corrected chi connectivity index (χ2v) is 15.5. The Labute approximate surface area is 345 Å². The third kappa shape index (κ3) is 9.39. The molecule has 0 radical (unpaired) electrons. The fourth-order valence-electron chi connectivity index (χ4n) is 7.97. The Morgan fingerprint density at radius 1 is 0.915 bits per heavy atom. The molecule has 14 heteroatoms. The molecule has 3 aliphatic heterocycles. The molecule has 4 amide bonds. The minimum Gasteiger partial charge on any atom is -0.493 e. The zero-order chi connectivity index (χ0) is 41.6. The normalized spacial score (nSPS) is 19.0. The van der Waals surface area contributed by atoms with Crippen LogP contribution in [-0.2, 0) is 33.1 Å². The van der Waals surface area contributed by atoms with Crippen molar-refractivity contribution in [1.29, 1.82) is 0 Å². The van der Waals surface area contributed by atoms with Crippen LogP contribution in [0.25, 0.3) is 11.1 Å². The molecule has 3 atom stereocenters. The monoisotopic (exact) mass is 806 g/mol. The van der Waals surface area contributed by atoms with Gasteiger partial charge in [0.1, 0.15) is 18.1 Å². The molecule has 14 nitrogen and oxygen atoms in total. The maximum absolute atomic E-state index is 14.2. The van der Waals surface area contributed by atoms with Crippen molar-refractivity contribution in [2.75, 3.05) is 41.9 Å². The molecular weight excluding hydrogens is 753 g/mol. The van der Waals surface area contributed by atoms with Crippen LogP contribution in [0.3, 0.4) is 0 Å². The summed E-state index contributed by atoms with van der Waals surface area (Å²) < 4.78 is 28.1. The molecule has 0 aliphatic carbocycles. The highest BCUT2D eigenvalue weighted by molar-refractivity contribution is 6.06. The number of nitrogens with zero attached hydrogens (tertiary/aromatic N) is 4. The number of amides is 4. The van der Waals surface area contributed by atoms with E-state index in [2.05, 4.69) is 41.0 Å². The predicted octanol–water partition coefficient (Wildman–Crippen LogP) is 7.70. The number of aryl methyl sites for hydroxylation is 4. The fourth-order valence-corrected chi connectivity index (χ4v) is 7.97. The van der Waals surface area contributed by atoms with Crippen molar-refractivity contribution >= 4 is 40.9 Å². The van der Waals surface area contributed by atoms with Gasteiger partial charge in [0.15, 0.2) is 12.5 Å². The smallest absolute Gasteiger partial charge is 0.416 e. The molecule has 0 saturated carbocycles. The molecule has 2 unspecified atom stereocenters. The summed E-state index contributed by atoms with van der Waals surface area (Å²) in [5, 5.41) is 5.82. The van der Waals surface area contributed by atoms with E-state index in [1.54, 1.807) is 36.0 Å². The van der Waals surface area contributed by atoms with E-state index in [4.69, 9.17) is 18.9 Å². The summed E-state index contributed by atoms with van der Waals surface area (Å²) in [5.74, 6) is -0.247.